The van der Waals surface area contributed by atoms with Gasteiger partial charge < -0.3 is 20.8 Å². The van der Waals surface area contributed by atoms with Crippen molar-refractivity contribution in [2.45, 2.75) is 31.7 Å². The van der Waals surface area contributed by atoms with E-state index in [9.17, 15) is 19.2 Å². The maximum Gasteiger partial charge on any atom is 0.326 e. The molecule has 23 heavy (non-hydrogen) atoms. The van der Waals surface area contributed by atoms with E-state index < -0.39 is 30.3 Å². The van der Waals surface area contributed by atoms with Crippen molar-refractivity contribution in [2.75, 3.05) is 5.32 Å². The molecule has 1 aromatic rings. The minimum atomic E-state index is -1.50. The summed E-state index contributed by atoms with van der Waals surface area (Å²) in [5.74, 6) is -3.49. The second-order valence-corrected chi connectivity index (χ2v) is 5.24. The normalized spacial score (nSPS) is 14.9. The second kappa shape index (κ2) is 6.91. The Kier molecular flexibility index (Phi) is 4.95. The van der Waals surface area contributed by atoms with Crippen LogP contribution in [0.2, 0.25) is 0 Å². The minimum absolute atomic E-state index is 0.0895. The van der Waals surface area contributed by atoms with E-state index in [1.807, 2.05) is 0 Å². The van der Waals surface area contributed by atoms with Gasteiger partial charge in [-0.3, -0.25) is 14.4 Å². The summed E-state index contributed by atoms with van der Waals surface area (Å²) in [6, 6.07) is 3.12. The van der Waals surface area contributed by atoms with Gasteiger partial charge in [-0.15, -0.1) is 0 Å². The lowest BCUT2D eigenvalue weighted by Gasteiger charge is -2.14. The van der Waals surface area contributed by atoms with Crippen molar-refractivity contribution in [3.05, 3.63) is 29.3 Å². The molecular weight excluding hydrogens is 304 g/mol. The van der Waals surface area contributed by atoms with Gasteiger partial charge in [-0.05, 0) is 36.6 Å². The van der Waals surface area contributed by atoms with Gasteiger partial charge in [0.2, 0.25) is 5.91 Å². The lowest BCUT2D eigenvalue weighted by Crippen LogP contribution is -2.42. The van der Waals surface area contributed by atoms with Crippen LogP contribution in [0.15, 0.2) is 18.2 Å². The Morgan fingerprint density at radius 3 is 2.61 bits per heavy atom. The van der Waals surface area contributed by atoms with Gasteiger partial charge in [0.25, 0.3) is 5.91 Å². The van der Waals surface area contributed by atoms with Crippen LogP contribution in [-0.4, -0.2) is 40.0 Å². The van der Waals surface area contributed by atoms with Crippen LogP contribution in [0.5, 0.6) is 0 Å². The Morgan fingerprint density at radius 2 is 1.96 bits per heavy atom. The van der Waals surface area contributed by atoms with Crippen LogP contribution in [0.1, 0.15) is 35.2 Å². The number of hydrogen-bond donors (Lipinski definition) is 4. The van der Waals surface area contributed by atoms with Crippen LogP contribution < -0.4 is 10.6 Å². The maximum absolute atomic E-state index is 12.1. The van der Waals surface area contributed by atoms with Gasteiger partial charge in [0.1, 0.15) is 6.04 Å². The summed E-state index contributed by atoms with van der Waals surface area (Å²) in [6.07, 6.45) is 0.964. The van der Waals surface area contributed by atoms with Crippen LogP contribution in [0.3, 0.4) is 0 Å². The van der Waals surface area contributed by atoms with Crippen molar-refractivity contribution in [1.82, 2.24) is 5.32 Å². The summed E-state index contributed by atoms with van der Waals surface area (Å²) < 4.78 is 0. The first-order chi connectivity index (χ1) is 10.9. The molecule has 0 radical (unpaired) electrons. The van der Waals surface area contributed by atoms with Crippen molar-refractivity contribution in [3.8, 4) is 0 Å². The molecule has 0 saturated heterocycles. The van der Waals surface area contributed by atoms with Gasteiger partial charge in [-0.2, -0.15) is 0 Å². The molecule has 8 nitrogen and oxygen atoms in total. The predicted molar refractivity (Wildman–Crippen MR) is 79.2 cm³/mol. The molecule has 4 N–H and O–H groups in total. The molecule has 0 saturated carbocycles. The molecule has 8 heteroatoms. The summed E-state index contributed by atoms with van der Waals surface area (Å²) in [7, 11) is 0. The van der Waals surface area contributed by atoms with Gasteiger partial charge in [-0.25, -0.2) is 4.79 Å². The van der Waals surface area contributed by atoms with Crippen LogP contribution in [0, 0.1) is 0 Å². The van der Waals surface area contributed by atoms with Crippen LogP contribution in [-0.2, 0) is 20.8 Å². The topological polar surface area (TPSA) is 133 Å². The summed E-state index contributed by atoms with van der Waals surface area (Å²) >= 11 is 0. The highest BCUT2D eigenvalue weighted by Crippen LogP contribution is 2.23. The van der Waals surface area contributed by atoms with Crippen molar-refractivity contribution >= 4 is 29.4 Å². The van der Waals surface area contributed by atoms with Crippen LogP contribution in [0.4, 0.5) is 5.69 Å². The number of carboxylic acids is 2. The first kappa shape index (κ1) is 16.5. The number of anilines is 1. The Labute approximate surface area is 131 Å². The molecule has 1 heterocycles. The monoisotopic (exact) mass is 320 g/mol. The van der Waals surface area contributed by atoms with Gasteiger partial charge in [0.05, 0.1) is 6.42 Å². The number of carbonyl (C=O) groups excluding carboxylic acids is 2. The van der Waals surface area contributed by atoms with Crippen molar-refractivity contribution < 1.29 is 29.4 Å². The number of carboxylic acid groups (broad SMARTS) is 2. The third-order valence-electron chi connectivity index (χ3n) is 3.47. The zero-order valence-electron chi connectivity index (χ0n) is 12.2. The van der Waals surface area contributed by atoms with E-state index in [1.54, 1.807) is 12.1 Å². The van der Waals surface area contributed by atoms with E-state index in [2.05, 4.69) is 10.6 Å². The van der Waals surface area contributed by atoms with Crippen LogP contribution in [0.25, 0.3) is 0 Å². The van der Waals surface area contributed by atoms with Crippen LogP contribution >= 0.6 is 0 Å². The molecule has 122 valence electrons. The number of fused-ring (bicyclic) bond motifs is 1. The van der Waals surface area contributed by atoms with E-state index in [-0.39, 0.29) is 11.5 Å². The zero-order valence-corrected chi connectivity index (χ0v) is 12.2. The molecule has 0 spiro atoms. The number of rotatable bonds is 5. The maximum atomic E-state index is 12.1. The third kappa shape index (κ3) is 4.29. The average molecular weight is 320 g/mol. The number of carbonyl (C=O) groups is 4. The van der Waals surface area contributed by atoms with Gasteiger partial charge in [0, 0.05) is 17.7 Å². The van der Waals surface area contributed by atoms with E-state index >= 15 is 0 Å². The standard InChI is InChI=1S/C15H16N2O6/c18-12-3-1-2-8-6-9(4-5-10(8)16-12)14(21)17-11(15(22)23)7-13(19)20/h4-6,11H,1-3,7H2,(H,16,18)(H,17,21)(H,19,20)(H,22,23). The van der Waals surface area contributed by atoms with Gasteiger partial charge in [-0.1, -0.05) is 0 Å². The van der Waals surface area contributed by atoms with Gasteiger partial charge in [0.15, 0.2) is 0 Å². The molecule has 2 rings (SSSR count). The lowest BCUT2D eigenvalue weighted by molar-refractivity contribution is -0.145. The number of amides is 2. The second-order valence-electron chi connectivity index (χ2n) is 5.24. The molecule has 1 unspecified atom stereocenters. The van der Waals surface area contributed by atoms with E-state index in [1.165, 1.54) is 6.07 Å². The SMILES string of the molecule is O=C(O)CC(NC(=O)c1ccc2c(c1)CCCC(=O)N2)C(=O)O. The first-order valence-corrected chi connectivity index (χ1v) is 7.05. The molecule has 1 aliphatic rings. The Hall–Kier alpha value is -2.90. The highest BCUT2D eigenvalue weighted by atomic mass is 16.4. The third-order valence-corrected chi connectivity index (χ3v) is 3.47. The molecule has 0 fully saturated rings. The van der Waals surface area contributed by atoms with Crippen molar-refractivity contribution in [3.63, 3.8) is 0 Å². The highest BCUT2D eigenvalue weighted by molar-refractivity contribution is 5.99. The predicted octanol–water partition coefficient (Wildman–Crippen LogP) is 0.619. The Balaban J connectivity index is 2.16. The zero-order chi connectivity index (χ0) is 17.0. The highest BCUT2D eigenvalue weighted by Gasteiger charge is 2.24. The smallest absolute Gasteiger partial charge is 0.326 e. The number of aliphatic carboxylic acids is 2. The van der Waals surface area contributed by atoms with E-state index in [4.69, 9.17) is 10.2 Å². The van der Waals surface area contributed by atoms with Gasteiger partial charge >= 0.3 is 11.9 Å². The summed E-state index contributed by atoms with van der Waals surface area (Å²) in [4.78, 5) is 45.2. The lowest BCUT2D eigenvalue weighted by atomic mass is 10.0. The molecule has 0 bridgehead atoms. The largest absolute Gasteiger partial charge is 0.481 e. The number of aryl methyl sites for hydroxylation is 1. The molecule has 0 aromatic heterocycles. The molecule has 0 aliphatic carbocycles. The summed E-state index contributed by atoms with van der Waals surface area (Å²) in [5.41, 5.74) is 1.63. The Bertz CT molecular complexity index is 670. The fourth-order valence-electron chi connectivity index (χ4n) is 2.33. The molecule has 1 aliphatic heterocycles. The molecule has 1 atom stereocenters. The number of nitrogens with one attached hydrogen (secondary N) is 2. The van der Waals surface area contributed by atoms with Crippen molar-refractivity contribution in [1.29, 1.82) is 0 Å². The summed E-state index contributed by atoms with van der Waals surface area (Å²) in [5, 5.41) is 22.5. The molecular formula is C15H16N2O6. The quantitative estimate of drug-likeness (QED) is 0.628. The molecule has 2 amide bonds. The fourth-order valence-corrected chi connectivity index (χ4v) is 2.33. The first-order valence-electron chi connectivity index (χ1n) is 7.05. The fraction of sp³-hybridized carbons (Fsp3) is 0.333. The summed E-state index contributed by atoms with van der Waals surface area (Å²) in [6.45, 7) is 0. The number of hydrogen-bond acceptors (Lipinski definition) is 4. The molecule has 1 aromatic carbocycles. The Morgan fingerprint density at radius 1 is 1.22 bits per heavy atom. The number of benzene rings is 1. The van der Waals surface area contributed by atoms with Crippen molar-refractivity contribution in [2.24, 2.45) is 0 Å². The average Bonchev–Trinajstić information content (AvgIpc) is 2.65. The van der Waals surface area contributed by atoms with E-state index in [0.29, 0.717) is 24.9 Å². The van der Waals surface area contributed by atoms with E-state index in [0.717, 1.165) is 5.56 Å². The minimum Gasteiger partial charge on any atom is -0.481 e.